The van der Waals surface area contributed by atoms with Crippen LogP contribution in [-0.2, 0) is 0 Å². The first-order chi connectivity index (χ1) is 8.51. The molecule has 0 heterocycles. The van der Waals surface area contributed by atoms with Gasteiger partial charge in [0.2, 0.25) is 0 Å². The van der Waals surface area contributed by atoms with Crippen LogP contribution in [-0.4, -0.2) is 17.7 Å². The molecule has 0 bridgehead atoms. The average Bonchev–Trinajstić information content (AvgIpc) is 2.34. The Labute approximate surface area is 110 Å². The van der Waals surface area contributed by atoms with Crippen molar-refractivity contribution in [3.8, 4) is 6.07 Å². The van der Waals surface area contributed by atoms with E-state index in [0.29, 0.717) is 11.6 Å². The summed E-state index contributed by atoms with van der Waals surface area (Å²) in [6.07, 6.45) is 0.514. The van der Waals surface area contributed by atoms with Gasteiger partial charge in [0.25, 0.3) is 0 Å². The Hall–Kier alpha value is -1.53. The Balaban J connectivity index is 3.28. The van der Waals surface area contributed by atoms with Crippen molar-refractivity contribution in [2.24, 2.45) is 0 Å². The smallest absolute Gasteiger partial charge is 0.0992 e. The number of nitriles is 1. The molecule has 0 spiro atoms. The Morgan fingerprint density at radius 3 is 2.44 bits per heavy atom. The average molecular weight is 246 g/mol. The minimum Gasteiger partial charge on any atom is -0.389 e. The fraction of sp³-hybridized carbons (Fsp3) is 0.533. The number of hydrogen-bond donors (Lipinski definition) is 1. The van der Waals surface area contributed by atoms with Gasteiger partial charge in [0.1, 0.15) is 0 Å². The number of benzene rings is 1. The first-order valence-corrected chi connectivity index (χ1v) is 6.50. The summed E-state index contributed by atoms with van der Waals surface area (Å²) in [4.78, 5) is 2.24. The third-order valence-corrected chi connectivity index (χ3v) is 3.01. The minimum absolute atomic E-state index is 0.344. The van der Waals surface area contributed by atoms with Crippen LogP contribution in [0.25, 0.3) is 0 Å². The first-order valence-electron chi connectivity index (χ1n) is 6.50. The van der Waals surface area contributed by atoms with Crippen LogP contribution in [0, 0.1) is 11.3 Å². The summed E-state index contributed by atoms with van der Waals surface area (Å²) in [7, 11) is 0. The molecule has 1 unspecified atom stereocenters. The van der Waals surface area contributed by atoms with E-state index < -0.39 is 6.10 Å². The predicted octanol–water partition coefficient (Wildman–Crippen LogP) is 3.24. The summed E-state index contributed by atoms with van der Waals surface area (Å²) < 4.78 is 0. The van der Waals surface area contributed by atoms with E-state index in [2.05, 4.69) is 31.7 Å². The van der Waals surface area contributed by atoms with Crippen LogP contribution >= 0.6 is 0 Å². The molecule has 3 heteroatoms. The van der Waals surface area contributed by atoms with Crippen molar-refractivity contribution in [1.29, 1.82) is 5.26 Å². The molecule has 1 aromatic carbocycles. The molecule has 1 aromatic rings. The summed E-state index contributed by atoms with van der Waals surface area (Å²) >= 11 is 0. The third-order valence-electron chi connectivity index (χ3n) is 3.01. The van der Waals surface area contributed by atoms with E-state index >= 15 is 0 Å². The van der Waals surface area contributed by atoms with Crippen LogP contribution in [0.3, 0.4) is 0 Å². The Bertz CT molecular complexity index is 433. The minimum atomic E-state index is -0.522. The zero-order chi connectivity index (χ0) is 13.7. The fourth-order valence-corrected chi connectivity index (χ4v) is 2.11. The molecule has 1 rings (SSSR count). The second kappa shape index (κ2) is 6.42. The summed E-state index contributed by atoms with van der Waals surface area (Å²) in [6.45, 7) is 9.06. The predicted molar refractivity (Wildman–Crippen MR) is 74.6 cm³/mol. The van der Waals surface area contributed by atoms with Crippen molar-refractivity contribution in [2.45, 2.75) is 46.3 Å². The molecule has 98 valence electrons. The Kier molecular flexibility index (Phi) is 5.18. The van der Waals surface area contributed by atoms with Crippen LogP contribution in [0.2, 0.25) is 0 Å². The molecule has 3 nitrogen and oxygen atoms in total. The van der Waals surface area contributed by atoms with Crippen LogP contribution in [0.4, 0.5) is 5.69 Å². The number of rotatable bonds is 5. The van der Waals surface area contributed by atoms with E-state index in [4.69, 9.17) is 5.26 Å². The van der Waals surface area contributed by atoms with Gasteiger partial charge in [-0.25, -0.2) is 0 Å². The van der Waals surface area contributed by atoms with E-state index in [1.807, 2.05) is 12.1 Å². The lowest BCUT2D eigenvalue weighted by atomic mass is 10.0. The Morgan fingerprint density at radius 2 is 2.00 bits per heavy atom. The molecule has 0 amide bonds. The van der Waals surface area contributed by atoms with Gasteiger partial charge >= 0.3 is 0 Å². The van der Waals surface area contributed by atoms with E-state index in [-0.39, 0.29) is 0 Å². The lowest BCUT2D eigenvalue weighted by molar-refractivity contribution is 0.199. The third kappa shape index (κ3) is 3.24. The summed E-state index contributed by atoms with van der Waals surface area (Å²) in [5, 5.41) is 18.9. The van der Waals surface area contributed by atoms with Crippen molar-refractivity contribution in [3.05, 3.63) is 29.3 Å². The van der Waals surface area contributed by atoms with Crippen LogP contribution in [0.5, 0.6) is 0 Å². The number of hydrogen-bond acceptors (Lipinski definition) is 3. The SMILES string of the molecule is CCCN(c1cc(C#N)ccc1C(C)O)C(C)C. The van der Waals surface area contributed by atoms with Crippen LogP contribution in [0.1, 0.15) is 51.3 Å². The van der Waals surface area contributed by atoms with Crippen molar-refractivity contribution in [1.82, 2.24) is 0 Å². The van der Waals surface area contributed by atoms with E-state index in [0.717, 1.165) is 24.2 Å². The second-order valence-corrected chi connectivity index (χ2v) is 4.85. The molecule has 0 aliphatic rings. The highest BCUT2D eigenvalue weighted by atomic mass is 16.3. The first kappa shape index (κ1) is 14.5. The lowest BCUT2D eigenvalue weighted by Gasteiger charge is -2.31. The molecule has 0 aliphatic carbocycles. The second-order valence-electron chi connectivity index (χ2n) is 4.85. The van der Waals surface area contributed by atoms with Gasteiger partial charge in [0.05, 0.1) is 17.7 Å². The van der Waals surface area contributed by atoms with Gasteiger partial charge in [-0.2, -0.15) is 5.26 Å². The van der Waals surface area contributed by atoms with Gasteiger partial charge in [0.15, 0.2) is 0 Å². The highest BCUT2D eigenvalue weighted by Gasteiger charge is 2.17. The molecule has 1 N–H and O–H groups in total. The quantitative estimate of drug-likeness (QED) is 0.867. The fourth-order valence-electron chi connectivity index (χ4n) is 2.11. The highest BCUT2D eigenvalue weighted by molar-refractivity contribution is 5.59. The maximum absolute atomic E-state index is 9.86. The molecule has 0 fully saturated rings. The van der Waals surface area contributed by atoms with Crippen molar-refractivity contribution in [3.63, 3.8) is 0 Å². The van der Waals surface area contributed by atoms with Crippen molar-refractivity contribution < 1.29 is 5.11 Å². The molecule has 0 aliphatic heterocycles. The number of nitrogens with zero attached hydrogens (tertiary/aromatic N) is 2. The van der Waals surface area contributed by atoms with Crippen molar-refractivity contribution in [2.75, 3.05) is 11.4 Å². The monoisotopic (exact) mass is 246 g/mol. The number of anilines is 1. The maximum Gasteiger partial charge on any atom is 0.0992 e. The zero-order valence-corrected chi connectivity index (χ0v) is 11.6. The molecular weight excluding hydrogens is 224 g/mol. The molecule has 0 aromatic heterocycles. The van der Waals surface area contributed by atoms with Gasteiger partial charge in [-0.15, -0.1) is 0 Å². The zero-order valence-electron chi connectivity index (χ0n) is 11.6. The number of aliphatic hydroxyl groups excluding tert-OH is 1. The highest BCUT2D eigenvalue weighted by Crippen LogP contribution is 2.29. The summed E-state index contributed by atoms with van der Waals surface area (Å²) in [6, 6.07) is 7.99. The summed E-state index contributed by atoms with van der Waals surface area (Å²) in [5.41, 5.74) is 2.49. The van der Waals surface area contributed by atoms with E-state index in [9.17, 15) is 5.11 Å². The standard InChI is InChI=1S/C15H22N2O/c1-5-8-17(11(2)3)15-9-13(10-16)6-7-14(15)12(4)18/h6-7,9,11-12,18H,5,8H2,1-4H3. The van der Waals surface area contributed by atoms with Crippen LogP contribution < -0.4 is 4.90 Å². The van der Waals surface area contributed by atoms with Gasteiger partial charge in [-0.3, -0.25) is 0 Å². The van der Waals surface area contributed by atoms with Crippen LogP contribution in [0.15, 0.2) is 18.2 Å². The molecular formula is C15H22N2O. The molecule has 1 atom stereocenters. The van der Waals surface area contributed by atoms with Gasteiger partial charge in [0, 0.05) is 23.8 Å². The molecule has 0 saturated carbocycles. The van der Waals surface area contributed by atoms with Gasteiger partial charge in [-0.1, -0.05) is 13.0 Å². The van der Waals surface area contributed by atoms with Gasteiger partial charge in [-0.05, 0) is 39.3 Å². The number of aliphatic hydroxyl groups is 1. The molecule has 0 radical (unpaired) electrons. The maximum atomic E-state index is 9.86. The largest absolute Gasteiger partial charge is 0.389 e. The van der Waals surface area contributed by atoms with E-state index in [1.165, 1.54) is 0 Å². The summed E-state index contributed by atoms with van der Waals surface area (Å²) in [5.74, 6) is 0. The topological polar surface area (TPSA) is 47.3 Å². The Morgan fingerprint density at radius 1 is 1.33 bits per heavy atom. The molecule has 18 heavy (non-hydrogen) atoms. The molecule has 0 saturated heterocycles. The normalized spacial score (nSPS) is 12.3. The van der Waals surface area contributed by atoms with Crippen molar-refractivity contribution >= 4 is 5.69 Å². The van der Waals surface area contributed by atoms with E-state index in [1.54, 1.807) is 13.0 Å². The lowest BCUT2D eigenvalue weighted by Crippen LogP contribution is -2.32. The van der Waals surface area contributed by atoms with Gasteiger partial charge < -0.3 is 10.0 Å².